The van der Waals surface area contributed by atoms with Crippen LogP contribution in [-0.2, 0) is 6.54 Å². The standard InChI is InChI=1S/C13H16N2OS/c1-3-16-11-6-4-10(5-7-11)12-8-15-13(17-12)9-14-2/h4-8,14H,3,9H2,1-2H3. The van der Waals surface area contributed by atoms with E-state index in [9.17, 15) is 0 Å². The Labute approximate surface area is 105 Å². The molecule has 0 radical (unpaired) electrons. The first-order valence-electron chi connectivity index (χ1n) is 5.66. The van der Waals surface area contributed by atoms with Gasteiger partial charge in [0.15, 0.2) is 0 Å². The highest BCUT2D eigenvalue weighted by Crippen LogP contribution is 2.27. The van der Waals surface area contributed by atoms with Crippen LogP contribution in [0, 0.1) is 0 Å². The molecule has 2 rings (SSSR count). The Kier molecular flexibility index (Phi) is 4.12. The van der Waals surface area contributed by atoms with Crippen LogP contribution in [0.5, 0.6) is 5.75 Å². The molecule has 0 aliphatic heterocycles. The first kappa shape index (κ1) is 12.1. The molecule has 2 aromatic rings. The molecule has 1 aromatic carbocycles. The van der Waals surface area contributed by atoms with Gasteiger partial charge >= 0.3 is 0 Å². The Morgan fingerprint density at radius 3 is 2.71 bits per heavy atom. The largest absolute Gasteiger partial charge is 0.494 e. The van der Waals surface area contributed by atoms with E-state index in [1.165, 1.54) is 10.4 Å². The molecule has 4 heteroatoms. The van der Waals surface area contributed by atoms with E-state index in [-0.39, 0.29) is 0 Å². The van der Waals surface area contributed by atoms with Gasteiger partial charge in [0.2, 0.25) is 0 Å². The highest BCUT2D eigenvalue weighted by Gasteiger charge is 2.04. The lowest BCUT2D eigenvalue weighted by Gasteiger charge is -2.03. The minimum Gasteiger partial charge on any atom is -0.494 e. The number of nitrogens with zero attached hydrogens (tertiary/aromatic N) is 1. The zero-order valence-electron chi connectivity index (χ0n) is 10.1. The van der Waals surface area contributed by atoms with E-state index in [1.54, 1.807) is 11.3 Å². The van der Waals surface area contributed by atoms with Crippen molar-refractivity contribution in [1.29, 1.82) is 0 Å². The number of aromatic nitrogens is 1. The van der Waals surface area contributed by atoms with Gasteiger partial charge in [-0.3, -0.25) is 0 Å². The third-order valence-corrected chi connectivity index (χ3v) is 3.38. The molecule has 0 amide bonds. The summed E-state index contributed by atoms with van der Waals surface area (Å²) in [5.41, 5.74) is 1.19. The predicted molar refractivity (Wildman–Crippen MR) is 71.5 cm³/mol. The van der Waals surface area contributed by atoms with Gasteiger partial charge in [-0.05, 0) is 43.8 Å². The molecule has 17 heavy (non-hydrogen) atoms. The van der Waals surface area contributed by atoms with E-state index in [4.69, 9.17) is 4.74 Å². The van der Waals surface area contributed by atoms with Crippen LogP contribution in [0.25, 0.3) is 10.4 Å². The van der Waals surface area contributed by atoms with Crippen LogP contribution in [-0.4, -0.2) is 18.6 Å². The topological polar surface area (TPSA) is 34.1 Å². The average molecular weight is 248 g/mol. The summed E-state index contributed by atoms with van der Waals surface area (Å²) in [4.78, 5) is 5.56. The molecule has 1 N–H and O–H groups in total. The third-order valence-electron chi connectivity index (χ3n) is 2.33. The summed E-state index contributed by atoms with van der Waals surface area (Å²) >= 11 is 1.72. The molecule has 3 nitrogen and oxygen atoms in total. The molecule has 0 atom stereocenters. The minimum atomic E-state index is 0.701. The summed E-state index contributed by atoms with van der Waals surface area (Å²) in [6, 6.07) is 8.13. The van der Waals surface area contributed by atoms with Gasteiger partial charge in [0.1, 0.15) is 10.8 Å². The zero-order valence-corrected chi connectivity index (χ0v) is 10.9. The molecule has 0 saturated heterocycles. The number of thiazole rings is 1. The normalized spacial score (nSPS) is 10.5. The maximum absolute atomic E-state index is 5.42. The molecule has 0 saturated carbocycles. The average Bonchev–Trinajstić information content (AvgIpc) is 2.80. The maximum Gasteiger partial charge on any atom is 0.119 e. The van der Waals surface area contributed by atoms with Crippen molar-refractivity contribution < 1.29 is 4.74 Å². The lowest BCUT2D eigenvalue weighted by atomic mass is 10.2. The highest BCUT2D eigenvalue weighted by molar-refractivity contribution is 7.15. The van der Waals surface area contributed by atoms with E-state index in [1.807, 2.05) is 32.3 Å². The van der Waals surface area contributed by atoms with E-state index in [0.29, 0.717) is 6.61 Å². The Hall–Kier alpha value is -1.39. The van der Waals surface area contributed by atoms with Gasteiger partial charge in [-0.15, -0.1) is 11.3 Å². The fourth-order valence-corrected chi connectivity index (χ4v) is 2.49. The number of hydrogen-bond donors (Lipinski definition) is 1. The quantitative estimate of drug-likeness (QED) is 0.883. The molecule has 1 aromatic heterocycles. The van der Waals surface area contributed by atoms with Crippen LogP contribution in [0.4, 0.5) is 0 Å². The van der Waals surface area contributed by atoms with Gasteiger partial charge in [0.05, 0.1) is 11.5 Å². The van der Waals surface area contributed by atoms with Crippen molar-refractivity contribution in [2.24, 2.45) is 0 Å². The summed E-state index contributed by atoms with van der Waals surface area (Å²) in [7, 11) is 1.93. The first-order valence-corrected chi connectivity index (χ1v) is 6.47. The SMILES string of the molecule is CCOc1ccc(-c2cnc(CNC)s2)cc1. The molecule has 0 aliphatic rings. The van der Waals surface area contributed by atoms with Crippen molar-refractivity contribution >= 4 is 11.3 Å². The lowest BCUT2D eigenvalue weighted by molar-refractivity contribution is 0.340. The summed E-state index contributed by atoms with van der Waals surface area (Å²) in [5, 5.41) is 4.21. The van der Waals surface area contributed by atoms with Gasteiger partial charge in [-0.1, -0.05) is 0 Å². The second-order valence-electron chi connectivity index (χ2n) is 3.61. The van der Waals surface area contributed by atoms with Crippen LogP contribution in [0.15, 0.2) is 30.5 Å². The van der Waals surface area contributed by atoms with Crippen LogP contribution in [0.2, 0.25) is 0 Å². The van der Waals surface area contributed by atoms with Gasteiger partial charge in [-0.25, -0.2) is 4.98 Å². The molecular formula is C13H16N2OS. The molecule has 90 valence electrons. The summed E-state index contributed by atoms with van der Waals surface area (Å²) in [6.45, 7) is 3.51. The molecule has 0 aliphatic carbocycles. The number of nitrogens with one attached hydrogen (secondary N) is 1. The monoisotopic (exact) mass is 248 g/mol. The number of rotatable bonds is 5. The summed E-state index contributed by atoms with van der Waals surface area (Å²) in [6.07, 6.45) is 1.92. The smallest absolute Gasteiger partial charge is 0.119 e. The van der Waals surface area contributed by atoms with Crippen LogP contribution in [0.1, 0.15) is 11.9 Å². The van der Waals surface area contributed by atoms with E-state index in [0.717, 1.165) is 17.3 Å². The van der Waals surface area contributed by atoms with Crippen molar-refractivity contribution in [2.45, 2.75) is 13.5 Å². The maximum atomic E-state index is 5.42. The Morgan fingerprint density at radius 1 is 1.29 bits per heavy atom. The van der Waals surface area contributed by atoms with Crippen molar-refractivity contribution in [3.8, 4) is 16.2 Å². The van der Waals surface area contributed by atoms with E-state index < -0.39 is 0 Å². The Bertz CT molecular complexity index is 465. The number of ether oxygens (including phenoxy) is 1. The van der Waals surface area contributed by atoms with E-state index in [2.05, 4.69) is 22.4 Å². The second-order valence-corrected chi connectivity index (χ2v) is 4.72. The van der Waals surface area contributed by atoms with Gasteiger partial charge in [0, 0.05) is 12.7 Å². The molecule has 1 heterocycles. The minimum absolute atomic E-state index is 0.701. The molecule has 0 unspecified atom stereocenters. The van der Waals surface area contributed by atoms with Gasteiger partial charge in [0.25, 0.3) is 0 Å². The summed E-state index contributed by atoms with van der Waals surface area (Å²) < 4.78 is 5.42. The van der Waals surface area contributed by atoms with Crippen molar-refractivity contribution in [1.82, 2.24) is 10.3 Å². The summed E-state index contributed by atoms with van der Waals surface area (Å²) in [5.74, 6) is 0.913. The predicted octanol–water partition coefficient (Wildman–Crippen LogP) is 2.93. The zero-order chi connectivity index (χ0) is 12.1. The Morgan fingerprint density at radius 2 is 2.06 bits per heavy atom. The lowest BCUT2D eigenvalue weighted by Crippen LogP contribution is -2.03. The van der Waals surface area contributed by atoms with Crippen LogP contribution >= 0.6 is 11.3 Å². The third kappa shape index (κ3) is 3.05. The molecule has 0 spiro atoms. The van der Waals surface area contributed by atoms with Crippen LogP contribution < -0.4 is 10.1 Å². The molecular weight excluding hydrogens is 232 g/mol. The van der Waals surface area contributed by atoms with Crippen molar-refractivity contribution in [3.05, 3.63) is 35.5 Å². The fraction of sp³-hybridized carbons (Fsp3) is 0.308. The van der Waals surface area contributed by atoms with Crippen molar-refractivity contribution in [2.75, 3.05) is 13.7 Å². The fourth-order valence-electron chi connectivity index (χ4n) is 1.56. The van der Waals surface area contributed by atoms with Crippen molar-refractivity contribution in [3.63, 3.8) is 0 Å². The van der Waals surface area contributed by atoms with Crippen LogP contribution in [0.3, 0.4) is 0 Å². The highest BCUT2D eigenvalue weighted by atomic mass is 32.1. The van der Waals surface area contributed by atoms with Gasteiger partial charge in [-0.2, -0.15) is 0 Å². The Balaban J connectivity index is 2.15. The number of hydrogen-bond acceptors (Lipinski definition) is 4. The number of benzene rings is 1. The molecule has 0 bridgehead atoms. The van der Waals surface area contributed by atoms with Gasteiger partial charge < -0.3 is 10.1 Å². The van der Waals surface area contributed by atoms with E-state index >= 15 is 0 Å². The first-order chi connectivity index (χ1) is 8.33. The second kappa shape index (κ2) is 5.80. The molecule has 0 fully saturated rings.